The summed E-state index contributed by atoms with van der Waals surface area (Å²) in [6.45, 7) is 7.03. The molecule has 2 aromatic heterocycles. The summed E-state index contributed by atoms with van der Waals surface area (Å²) < 4.78 is 11.0. The molecule has 0 radical (unpaired) electrons. The average Bonchev–Trinajstić information content (AvgIpc) is 3.06. The van der Waals surface area contributed by atoms with Crippen LogP contribution in [0.25, 0.3) is 11.5 Å². The number of nitrogens with zero attached hydrogens (tertiary/aromatic N) is 4. The molecule has 0 N–H and O–H groups in total. The van der Waals surface area contributed by atoms with Gasteiger partial charge in [0.15, 0.2) is 5.82 Å². The molecule has 6 heteroatoms. The largest absolute Gasteiger partial charge is 0.441 e. The first-order valence-electron chi connectivity index (χ1n) is 7.53. The second-order valence-electron chi connectivity index (χ2n) is 5.74. The lowest BCUT2D eigenvalue weighted by atomic mass is 10.1. The Morgan fingerprint density at radius 3 is 2.52 bits per heavy atom. The van der Waals surface area contributed by atoms with Crippen LogP contribution in [-0.4, -0.2) is 27.1 Å². The molecule has 0 unspecified atom stereocenters. The average molecular weight is 312 g/mol. The lowest BCUT2D eigenvalue weighted by molar-refractivity contribution is 0.257. The van der Waals surface area contributed by atoms with Crippen molar-refractivity contribution in [3.05, 3.63) is 53.0 Å². The fourth-order valence-corrected chi connectivity index (χ4v) is 2.45. The maximum absolute atomic E-state index is 5.85. The number of rotatable bonds is 5. The highest BCUT2D eigenvalue weighted by atomic mass is 16.5. The Balaban J connectivity index is 1.75. The van der Waals surface area contributed by atoms with Gasteiger partial charge < -0.3 is 8.94 Å². The van der Waals surface area contributed by atoms with Crippen LogP contribution >= 0.6 is 0 Å². The molecule has 3 aromatic rings. The molecule has 2 heterocycles. The Hall–Kier alpha value is -2.47. The maximum Gasteiger partial charge on any atom is 0.240 e. The molecule has 3 rings (SSSR count). The summed E-state index contributed by atoms with van der Waals surface area (Å²) in [7, 11) is 1.99. The minimum absolute atomic E-state index is 0.576. The zero-order valence-corrected chi connectivity index (χ0v) is 13.8. The van der Waals surface area contributed by atoms with Crippen molar-refractivity contribution in [1.82, 2.24) is 20.0 Å². The topological polar surface area (TPSA) is 68.2 Å². The molecule has 120 valence electrons. The van der Waals surface area contributed by atoms with Crippen molar-refractivity contribution >= 4 is 0 Å². The van der Waals surface area contributed by atoms with Gasteiger partial charge in [-0.2, -0.15) is 4.98 Å². The van der Waals surface area contributed by atoms with E-state index < -0.39 is 0 Å². The SMILES string of the molecule is Cc1noc(CN(C)Cc2nc(-c3ccccc3C)oc2C)n1. The third-order valence-electron chi connectivity index (χ3n) is 3.66. The van der Waals surface area contributed by atoms with E-state index in [1.54, 1.807) is 0 Å². The number of aryl methyl sites for hydroxylation is 3. The summed E-state index contributed by atoms with van der Waals surface area (Å²) in [6, 6.07) is 8.08. The van der Waals surface area contributed by atoms with Crippen molar-refractivity contribution in [2.75, 3.05) is 7.05 Å². The van der Waals surface area contributed by atoms with E-state index in [4.69, 9.17) is 8.94 Å². The van der Waals surface area contributed by atoms with E-state index in [0.717, 1.165) is 22.6 Å². The van der Waals surface area contributed by atoms with E-state index in [9.17, 15) is 0 Å². The van der Waals surface area contributed by atoms with Crippen LogP contribution in [0.15, 0.2) is 33.2 Å². The normalized spacial score (nSPS) is 11.3. The van der Waals surface area contributed by atoms with Crippen LogP contribution in [-0.2, 0) is 13.1 Å². The Kier molecular flexibility index (Phi) is 4.25. The smallest absolute Gasteiger partial charge is 0.240 e. The Labute approximate surface area is 135 Å². The molecule has 0 aliphatic carbocycles. The van der Waals surface area contributed by atoms with Gasteiger partial charge >= 0.3 is 0 Å². The van der Waals surface area contributed by atoms with E-state index in [2.05, 4.69) is 33.0 Å². The molecule has 0 spiro atoms. The summed E-state index contributed by atoms with van der Waals surface area (Å²) >= 11 is 0. The molecule has 23 heavy (non-hydrogen) atoms. The van der Waals surface area contributed by atoms with Gasteiger partial charge in [-0.25, -0.2) is 4.98 Å². The van der Waals surface area contributed by atoms with Crippen molar-refractivity contribution < 1.29 is 8.94 Å². The minimum atomic E-state index is 0.576. The van der Waals surface area contributed by atoms with Gasteiger partial charge in [0, 0.05) is 12.1 Å². The molecule has 0 aliphatic heterocycles. The van der Waals surface area contributed by atoms with Gasteiger partial charge in [0.05, 0.1) is 12.2 Å². The number of oxazole rings is 1. The lowest BCUT2D eigenvalue weighted by Crippen LogP contribution is -2.18. The van der Waals surface area contributed by atoms with Gasteiger partial charge in [0.1, 0.15) is 5.76 Å². The Bertz CT molecular complexity index is 807. The van der Waals surface area contributed by atoms with Crippen molar-refractivity contribution in [3.8, 4) is 11.5 Å². The van der Waals surface area contributed by atoms with Crippen molar-refractivity contribution in [1.29, 1.82) is 0 Å². The quantitative estimate of drug-likeness (QED) is 0.720. The van der Waals surface area contributed by atoms with E-state index in [0.29, 0.717) is 30.7 Å². The predicted molar refractivity (Wildman–Crippen MR) is 85.6 cm³/mol. The molecule has 0 bridgehead atoms. The first-order chi connectivity index (χ1) is 11.0. The first kappa shape index (κ1) is 15.4. The van der Waals surface area contributed by atoms with Gasteiger partial charge in [0.2, 0.25) is 11.8 Å². The molecule has 0 fully saturated rings. The number of aromatic nitrogens is 3. The summed E-state index contributed by atoms with van der Waals surface area (Å²) in [5.74, 6) is 2.74. The highest BCUT2D eigenvalue weighted by Gasteiger charge is 2.15. The van der Waals surface area contributed by atoms with Crippen LogP contribution in [0.5, 0.6) is 0 Å². The summed E-state index contributed by atoms with van der Waals surface area (Å²) in [5, 5.41) is 3.80. The Morgan fingerprint density at radius 1 is 1.04 bits per heavy atom. The molecule has 6 nitrogen and oxygen atoms in total. The molecule has 0 atom stereocenters. The third-order valence-corrected chi connectivity index (χ3v) is 3.66. The minimum Gasteiger partial charge on any atom is -0.441 e. The summed E-state index contributed by atoms with van der Waals surface area (Å²) in [4.78, 5) is 10.9. The van der Waals surface area contributed by atoms with E-state index >= 15 is 0 Å². The van der Waals surface area contributed by atoms with E-state index in [1.807, 2.05) is 39.1 Å². The second-order valence-corrected chi connectivity index (χ2v) is 5.74. The van der Waals surface area contributed by atoms with Crippen LogP contribution in [0.2, 0.25) is 0 Å². The van der Waals surface area contributed by atoms with Gasteiger partial charge in [0.25, 0.3) is 0 Å². The van der Waals surface area contributed by atoms with Crippen LogP contribution in [0.4, 0.5) is 0 Å². The van der Waals surface area contributed by atoms with Crippen LogP contribution in [0, 0.1) is 20.8 Å². The zero-order chi connectivity index (χ0) is 16.4. The van der Waals surface area contributed by atoms with Crippen LogP contribution < -0.4 is 0 Å². The molecule has 0 saturated heterocycles. The summed E-state index contributed by atoms with van der Waals surface area (Å²) in [6.07, 6.45) is 0. The third kappa shape index (κ3) is 3.48. The number of hydrogen-bond acceptors (Lipinski definition) is 6. The van der Waals surface area contributed by atoms with Crippen molar-refractivity contribution in [2.45, 2.75) is 33.9 Å². The highest BCUT2D eigenvalue weighted by Crippen LogP contribution is 2.25. The van der Waals surface area contributed by atoms with Gasteiger partial charge in [-0.15, -0.1) is 0 Å². The second kappa shape index (κ2) is 6.34. The fraction of sp³-hybridized carbons (Fsp3) is 0.353. The first-order valence-corrected chi connectivity index (χ1v) is 7.53. The van der Waals surface area contributed by atoms with E-state index in [1.165, 1.54) is 0 Å². The van der Waals surface area contributed by atoms with Gasteiger partial charge in [-0.3, -0.25) is 4.90 Å². The molecular weight excluding hydrogens is 292 g/mol. The molecular formula is C17H20N4O2. The van der Waals surface area contributed by atoms with Crippen molar-refractivity contribution in [2.24, 2.45) is 0 Å². The monoisotopic (exact) mass is 312 g/mol. The van der Waals surface area contributed by atoms with Gasteiger partial charge in [-0.05, 0) is 39.4 Å². The van der Waals surface area contributed by atoms with Gasteiger partial charge in [-0.1, -0.05) is 23.4 Å². The molecule has 0 amide bonds. The van der Waals surface area contributed by atoms with Crippen LogP contribution in [0.3, 0.4) is 0 Å². The number of hydrogen-bond donors (Lipinski definition) is 0. The molecule has 1 aromatic carbocycles. The predicted octanol–water partition coefficient (Wildman–Crippen LogP) is 3.28. The van der Waals surface area contributed by atoms with E-state index in [-0.39, 0.29) is 0 Å². The van der Waals surface area contributed by atoms with Crippen molar-refractivity contribution in [3.63, 3.8) is 0 Å². The van der Waals surface area contributed by atoms with Crippen LogP contribution in [0.1, 0.15) is 28.7 Å². The molecule has 0 aliphatic rings. The fourth-order valence-electron chi connectivity index (χ4n) is 2.45. The lowest BCUT2D eigenvalue weighted by Gasteiger charge is -2.12. The highest BCUT2D eigenvalue weighted by molar-refractivity contribution is 5.58. The Morgan fingerprint density at radius 2 is 1.83 bits per heavy atom. The maximum atomic E-state index is 5.85. The zero-order valence-electron chi connectivity index (χ0n) is 13.8. The molecule has 0 saturated carbocycles. The number of benzene rings is 1. The summed E-state index contributed by atoms with van der Waals surface area (Å²) in [5.41, 5.74) is 3.09. The standard InChI is InChI=1S/C17H20N4O2/c1-11-7-5-6-8-14(11)17-19-15(12(2)22-17)9-21(4)10-16-18-13(3)20-23-16/h5-8H,9-10H2,1-4H3.